The van der Waals surface area contributed by atoms with Crippen LogP contribution in [0.2, 0.25) is 0 Å². The van der Waals surface area contributed by atoms with Crippen molar-refractivity contribution in [2.45, 2.75) is 18.7 Å². The number of hydrogen-bond acceptors (Lipinski definition) is 5. The lowest BCUT2D eigenvalue weighted by molar-refractivity contribution is -0.111. The number of benzene rings is 2. The molecule has 1 amide bonds. The van der Waals surface area contributed by atoms with Crippen molar-refractivity contribution in [2.75, 3.05) is 10.0 Å². The van der Waals surface area contributed by atoms with Gasteiger partial charge in [0.2, 0.25) is 11.9 Å². The van der Waals surface area contributed by atoms with Crippen molar-refractivity contribution >= 4 is 33.6 Å². The number of rotatable bonds is 6. The summed E-state index contributed by atoms with van der Waals surface area (Å²) >= 11 is 0. The maximum absolute atomic E-state index is 12.9. The number of aryl methyl sites for hydroxylation is 2. The van der Waals surface area contributed by atoms with Crippen LogP contribution in [0.5, 0.6) is 0 Å². The zero-order valence-corrected chi connectivity index (χ0v) is 17.1. The van der Waals surface area contributed by atoms with E-state index in [1.165, 1.54) is 42.5 Å². The SMILES string of the molecule is Cc1cc(C)nc(NS(=O)(=O)c2ccc(NC(=O)/C=C\c3ccc(F)cc3)cc2)n1. The molecule has 1 aromatic heterocycles. The van der Waals surface area contributed by atoms with Gasteiger partial charge in [-0.05, 0) is 68.0 Å². The van der Waals surface area contributed by atoms with Crippen LogP contribution in [0.25, 0.3) is 6.08 Å². The highest BCUT2D eigenvalue weighted by Crippen LogP contribution is 2.17. The summed E-state index contributed by atoms with van der Waals surface area (Å²) in [5.74, 6) is -0.766. The van der Waals surface area contributed by atoms with Crippen LogP contribution in [0.4, 0.5) is 16.0 Å². The van der Waals surface area contributed by atoms with Gasteiger partial charge < -0.3 is 5.32 Å². The van der Waals surface area contributed by atoms with Crippen LogP contribution in [0.3, 0.4) is 0 Å². The number of amides is 1. The average molecular weight is 426 g/mol. The Labute approximate surface area is 173 Å². The molecule has 3 rings (SSSR count). The van der Waals surface area contributed by atoms with Gasteiger partial charge in [-0.25, -0.2) is 27.5 Å². The van der Waals surface area contributed by atoms with Gasteiger partial charge >= 0.3 is 0 Å². The molecule has 154 valence electrons. The van der Waals surface area contributed by atoms with Gasteiger partial charge in [-0.1, -0.05) is 12.1 Å². The molecule has 0 aliphatic rings. The van der Waals surface area contributed by atoms with Gasteiger partial charge in [-0.2, -0.15) is 0 Å². The minimum Gasteiger partial charge on any atom is -0.323 e. The molecule has 0 atom stereocenters. The molecular weight excluding hydrogens is 407 g/mol. The molecule has 0 aliphatic carbocycles. The van der Waals surface area contributed by atoms with E-state index in [0.717, 1.165) is 0 Å². The number of hydrogen-bond donors (Lipinski definition) is 2. The first-order chi connectivity index (χ1) is 14.2. The molecule has 0 unspecified atom stereocenters. The standard InChI is InChI=1S/C21H19FN4O3S/c1-14-13-15(2)24-21(23-14)26-30(28,29)19-10-8-18(9-11-19)25-20(27)12-5-16-3-6-17(22)7-4-16/h3-13H,1-2H3,(H,25,27)(H,23,24,26)/b12-5-. The van der Waals surface area contributed by atoms with Gasteiger partial charge in [0.25, 0.3) is 10.0 Å². The highest BCUT2D eigenvalue weighted by Gasteiger charge is 2.16. The van der Waals surface area contributed by atoms with Crippen molar-refractivity contribution in [1.29, 1.82) is 0 Å². The van der Waals surface area contributed by atoms with Crippen molar-refractivity contribution < 1.29 is 17.6 Å². The molecule has 0 fully saturated rings. The number of halogens is 1. The molecule has 3 aromatic rings. The molecule has 9 heteroatoms. The smallest absolute Gasteiger partial charge is 0.264 e. The molecule has 0 aliphatic heterocycles. The Morgan fingerprint density at radius 3 is 2.17 bits per heavy atom. The predicted octanol–water partition coefficient (Wildman–Crippen LogP) is 3.69. The first kappa shape index (κ1) is 21.1. The molecule has 7 nitrogen and oxygen atoms in total. The van der Waals surface area contributed by atoms with E-state index in [1.54, 1.807) is 38.1 Å². The fourth-order valence-corrected chi connectivity index (χ4v) is 3.54. The Morgan fingerprint density at radius 2 is 1.57 bits per heavy atom. The lowest BCUT2D eigenvalue weighted by Gasteiger charge is -2.09. The summed E-state index contributed by atoms with van der Waals surface area (Å²) in [5, 5.41) is 2.63. The normalized spacial score (nSPS) is 11.4. The number of sulfonamides is 1. The zero-order valence-electron chi connectivity index (χ0n) is 16.3. The number of nitrogens with zero attached hydrogens (tertiary/aromatic N) is 2. The second-order valence-corrected chi connectivity index (χ2v) is 8.16. The van der Waals surface area contributed by atoms with Gasteiger partial charge in [0, 0.05) is 23.2 Å². The lowest BCUT2D eigenvalue weighted by atomic mass is 10.2. The molecule has 0 bridgehead atoms. The van der Waals surface area contributed by atoms with Crippen LogP contribution in [0, 0.1) is 19.7 Å². The third kappa shape index (κ3) is 5.71. The first-order valence-corrected chi connectivity index (χ1v) is 10.4. The van der Waals surface area contributed by atoms with E-state index in [-0.39, 0.29) is 16.7 Å². The van der Waals surface area contributed by atoms with Crippen molar-refractivity contribution in [3.63, 3.8) is 0 Å². The number of nitrogens with one attached hydrogen (secondary N) is 2. The Hall–Kier alpha value is -3.59. The Balaban J connectivity index is 1.66. The highest BCUT2D eigenvalue weighted by atomic mass is 32.2. The van der Waals surface area contributed by atoms with Crippen LogP contribution in [-0.2, 0) is 14.8 Å². The Kier molecular flexibility index (Phi) is 6.22. The topological polar surface area (TPSA) is 101 Å². The largest absolute Gasteiger partial charge is 0.323 e. The van der Waals surface area contributed by atoms with Gasteiger partial charge in [0.1, 0.15) is 5.82 Å². The monoisotopic (exact) mass is 426 g/mol. The molecule has 0 saturated heterocycles. The molecule has 30 heavy (non-hydrogen) atoms. The van der Waals surface area contributed by atoms with E-state index in [0.29, 0.717) is 22.6 Å². The summed E-state index contributed by atoms with van der Waals surface area (Å²) in [6.45, 7) is 3.49. The van der Waals surface area contributed by atoms with Crippen molar-refractivity contribution in [2.24, 2.45) is 0 Å². The molecule has 2 N–H and O–H groups in total. The Bertz CT molecular complexity index is 1170. The van der Waals surface area contributed by atoms with Crippen LogP contribution in [0.15, 0.2) is 65.6 Å². The molecular formula is C21H19FN4O3S. The highest BCUT2D eigenvalue weighted by molar-refractivity contribution is 7.92. The number of carbonyl (C=O) groups excluding carboxylic acids is 1. The second-order valence-electron chi connectivity index (χ2n) is 6.48. The number of aromatic nitrogens is 2. The summed E-state index contributed by atoms with van der Waals surface area (Å²) in [4.78, 5) is 20.2. The van der Waals surface area contributed by atoms with Crippen molar-refractivity contribution in [3.05, 3.63) is 83.4 Å². The van der Waals surface area contributed by atoms with Gasteiger partial charge in [-0.3, -0.25) is 4.79 Å². The van der Waals surface area contributed by atoms with Crippen molar-refractivity contribution in [3.8, 4) is 0 Å². The fourth-order valence-electron chi connectivity index (χ4n) is 2.60. The van der Waals surface area contributed by atoms with E-state index >= 15 is 0 Å². The molecule has 2 aromatic carbocycles. The van der Waals surface area contributed by atoms with Crippen LogP contribution >= 0.6 is 0 Å². The van der Waals surface area contributed by atoms with E-state index in [2.05, 4.69) is 20.0 Å². The van der Waals surface area contributed by atoms with Gasteiger partial charge in [0.05, 0.1) is 4.90 Å². The van der Waals surface area contributed by atoms with E-state index in [9.17, 15) is 17.6 Å². The number of carbonyl (C=O) groups is 1. The third-order valence-electron chi connectivity index (χ3n) is 3.94. The maximum atomic E-state index is 12.9. The summed E-state index contributed by atoms with van der Waals surface area (Å²) in [7, 11) is -3.87. The van der Waals surface area contributed by atoms with Crippen LogP contribution in [-0.4, -0.2) is 24.3 Å². The van der Waals surface area contributed by atoms with Crippen molar-refractivity contribution in [1.82, 2.24) is 9.97 Å². The maximum Gasteiger partial charge on any atom is 0.264 e. The summed E-state index contributed by atoms with van der Waals surface area (Å²) < 4.78 is 40.3. The quantitative estimate of drug-likeness (QED) is 0.586. The first-order valence-electron chi connectivity index (χ1n) is 8.91. The predicted molar refractivity (Wildman–Crippen MR) is 113 cm³/mol. The summed E-state index contributed by atoms with van der Waals surface area (Å²) in [6.07, 6.45) is 2.85. The van der Waals surface area contributed by atoms with Gasteiger partial charge in [0.15, 0.2) is 0 Å². The Morgan fingerprint density at radius 1 is 0.967 bits per heavy atom. The van der Waals surface area contributed by atoms with E-state index in [4.69, 9.17) is 0 Å². The zero-order chi connectivity index (χ0) is 21.7. The molecule has 0 radical (unpaired) electrons. The molecule has 0 saturated carbocycles. The average Bonchev–Trinajstić information content (AvgIpc) is 2.67. The van der Waals surface area contributed by atoms with E-state index in [1.807, 2.05) is 0 Å². The lowest BCUT2D eigenvalue weighted by Crippen LogP contribution is -2.16. The molecule has 0 spiro atoms. The van der Waals surface area contributed by atoms with Crippen LogP contribution < -0.4 is 10.0 Å². The fraction of sp³-hybridized carbons (Fsp3) is 0.0952. The third-order valence-corrected chi connectivity index (χ3v) is 5.28. The summed E-state index contributed by atoms with van der Waals surface area (Å²) in [5.41, 5.74) is 2.39. The van der Waals surface area contributed by atoms with Crippen LogP contribution in [0.1, 0.15) is 17.0 Å². The second kappa shape index (κ2) is 8.83. The minimum atomic E-state index is -3.87. The number of anilines is 2. The van der Waals surface area contributed by atoms with E-state index < -0.39 is 15.9 Å². The summed E-state index contributed by atoms with van der Waals surface area (Å²) in [6, 6.07) is 13.1. The minimum absolute atomic E-state index is 0.00388. The van der Waals surface area contributed by atoms with Gasteiger partial charge in [-0.15, -0.1) is 0 Å². The molecule has 1 heterocycles.